The van der Waals surface area contributed by atoms with Crippen LogP contribution in [0.4, 0.5) is 0 Å². The van der Waals surface area contributed by atoms with Crippen molar-refractivity contribution in [3.05, 3.63) is 35.9 Å². The molecule has 1 aromatic rings. The second-order valence-electron chi connectivity index (χ2n) is 3.58. The van der Waals surface area contributed by atoms with Gasteiger partial charge in [-0.15, -0.1) is 12.4 Å². The molecule has 0 spiro atoms. The van der Waals surface area contributed by atoms with E-state index in [1.807, 2.05) is 18.2 Å². The molecule has 3 heteroatoms. The van der Waals surface area contributed by atoms with Crippen molar-refractivity contribution in [3.8, 4) is 0 Å². The highest BCUT2D eigenvalue weighted by molar-refractivity contribution is 5.85. The van der Waals surface area contributed by atoms with Gasteiger partial charge in [-0.2, -0.15) is 0 Å². The van der Waals surface area contributed by atoms with E-state index in [1.54, 1.807) is 0 Å². The van der Waals surface area contributed by atoms with Crippen molar-refractivity contribution in [1.82, 2.24) is 0 Å². The second kappa shape index (κ2) is 5.35. The van der Waals surface area contributed by atoms with E-state index >= 15 is 0 Å². The Balaban J connectivity index is 0.000000980. The van der Waals surface area contributed by atoms with Crippen LogP contribution >= 0.6 is 12.4 Å². The Hall–Kier alpha value is -0.570. The largest absolute Gasteiger partial charge is 0.372 e. The van der Waals surface area contributed by atoms with Crippen molar-refractivity contribution in [1.29, 1.82) is 0 Å². The molecule has 0 amide bonds. The van der Waals surface area contributed by atoms with Gasteiger partial charge < -0.3 is 10.5 Å². The lowest BCUT2D eigenvalue weighted by Gasteiger charge is -2.33. The molecule has 2 unspecified atom stereocenters. The van der Waals surface area contributed by atoms with Crippen LogP contribution in [0.15, 0.2) is 30.3 Å². The number of halogens is 1. The molecule has 1 fully saturated rings. The quantitative estimate of drug-likeness (QED) is 0.835. The minimum absolute atomic E-state index is 0. The van der Waals surface area contributed by atoms with Crippen molar-refractivity contribution >= 4 is 12.4 Å². The SMILES string of the molecule is Cl.NC1CCC1OCc1ccccc1. The molecular weight excluding hydrogens is 198 g/mol. The summed E-state index contributed by atoms with van der Waals surface area (Å²) >= 11 is 0. The number of rotatable bonds is 3. The van der Waals surface area contributed by atoms with Gasteiger partial charge in [-0.3, -0.25) is 0 Å². The zero-order valence-electron chi connectivity index (χ0n) is 8.06. The summed E-state index contributed by atoms with van der Waals surface area (Å²) in [6.45, 7) is 0.694. The van der Waals surface area contributed by atoms with Crippen molar-refractivity contribution < 1.29 is 4.74 Å². The van der Waals surface area contributed by atoms with Crippen molar-refractivity contribution in [2.75, 3.05) is 0 Å². The summed E-state index contributed by atoms with van der Waals surface area (Å²) in [4.78, 5) is 0. The highest BCUT2D eigenvalue weighted by Gasteiger charge is 2.27. The summed E-state index contributed by atoms with van der Waals surface area (Å²) in [7, 11) is 0. The van der Waals surface area contributed by atoms with Crippen LogP contribution in [0.5, 0.6) is 0 Å². The van der Waals surface area contributed by atoms with E-state index in [0.29, 0.717) is 12.7 Å². The topological polar surface area (TPSA) is 35.2 Å². The van der Waals surface area contributed by atoms with Gasteiger partial charge in [-0.05, 0) is 18.4 Å². The highest BCUT2D eigenvalue weighted by Crippen LogP contribution is 2.22. The summed E-state index contributed by atoms with van der Waals surface area (Å²) < 4.78 is 5.65. The third-order valence-corrected chi connectivity index (χ3v) is 2.57. The van der Waals surface area contributed by atoms with E-state index < -0.39 is 0 Å². The van der Waals surface area contributed by atoms with Crippen LogP contribution in [-0.4, -0.2) is 12.1 Å². The molecule has 0 bridgehead atoms. The van der Waals surface area contributed by atoms with Gasteiger partial charge in [0, 0.05) is 6.04 Å². The van der Waals surface area contributed by atoms with E-state index in [4.69, 9.17) is 10.5 Å². The molecule has 2 N–H and O–H groups in total. The van der Waals surface area contributed by atoms with E-state index in [9.17, 15) is 0 Å². The number of ether oxygens (including phenoxy) is 1. The summed E-state index contributed by atoms with van der Waals surface area (Å²) in [5, 5.41) is 0. The van der Waals surface area contributed by atoms with Crippen LogP contribution < -0.4 is 5.73 Å². The van der Waals surface area contributed by atoms with E-state index in [2.05, 4.69) is 12.1 Å². The third-order valence-electron chi connectivity index (χ3n) is 2.57. The van der Waals surface area contributed by atoms with Crippen LogP contribution in [0.2, 0.25) is 0 Å². The first-order valence-corrected chi connectivity index (χ1v) is 4.77. The van der Waals surface area contributed by atoms with Crippen LogP contribution in [-0.2, 0) is 11.3 Å². The molecule has 1 saturated carbocycles. The highest BCUT2D eigenvalue weighted by atomic mass is 35.5. The minimum Gasteiger partial charge on any atom is -0.372 e. The molecule has 2 nitrogen and oxygen atoms in total. The first-order chi connectivity index (χ1) is 6.36. The maximum absolute atomic E-state index is 5.76. The van der Waals surface area contributed by atoms with Crippen LogP contribution in [0, 0.1) is 0 Å². The fraction of sp³-hybridized carbons (Fsp3) is 0.455. The molecule has 2 rings (SSSR count). The summed E-state index contributed by atoms with van der Waals surface area (Å²) in [5.41, 5.74) is 6.99. The fourth-order valence-electron chi connectivity index (χ4n) is 1.48. The minimum atomic E-state index is 0. The zero-order chi connectivity index (χ0) is 9.10. The molecule has 14 heavy (non-hydrogen) atoms. The van der Waals surface area contributed by atoms with Crippen molar-refractivity contribution in [3.63, 3.8) is 0 Å². The number of hydrogen-bond donors (Lipinski definition) is 1. The molecule has 1 aliphatic rings. The van der Waals surface area contributed by atoms with Gasteiger partial charge in [0.1, 0.15) is 0 Å². The first kappa shape index (κ1) is 11.5. The number of benzene rings is 1. The molecule has 0 radical (unpaired) electrons. The fourth-order valence-corrected chi connectivity index (χ4v) is 1.48. The molecule has 1 aliphatic carbocycles. The maximum Gasteiger partial charge on any atom is 0.0731 e. The average Bonchev–Trinajstić information content (AvgIpc) is 2.17. The third kappa shape index (κ3) is 2.71. The van der Waals surface area contributed by atoms with E-state index in [1.165, 1.54) is 5.56 Å². The maximum atomic E-state index is 5.76. The molecule has 2 atom stereocenters. The number of nitrogens with two attached hydrogens (primary N) is 1. The van der Waals surface area contributed by atoms with E-state index in [-0.39, 0.29) is 18.4 Å². The Morgan fingerprint density at radius 3 is 2.43 bits per heavy atom. The summed E-state index contributed by atoms with van der Waals surface area (Å²) in [6, 6.07) is 10.5. The smallest absolute Gasteiger partial charge is 0.0731 e. The predicted molar refractivity (Wildman–Crippen MR) is 59.5 cm³/mol. The van der Waals surface area contributed by atoms with Crippen molar-refractivity contribution in [2.24, 2.45) is 5.73 Å². The Morgan fingerprint density at radius 2 is 1.93 bits per heavy atom. The van der Waals surface area contributed by atoms with Crippen LogP contribution in [0.25, 0.3) is 0 Å². The lowest BCUT2D eigenvalue weighted by Crippen LogP contribution is -2.45. The molecule has 0 aliphatic heterocycles. The summed E-state index contributed by atoms with van der Waals surface area (Å²) in [6.07, 6.45) is 2.52. The van der Waals surface area contributed by atoms with Crippen LogP contribution in [0.3, 0.4) is 0 Å². The Labute approximate surface area is 90.9 Å². The van der Waals surface area contributed by atoms with Gasteiger partial charge in [0.05, 0.1) is 12.7 Å². The van der Waals surface area contributed by atoms with Crippen LogP contribution in [0.1, 0.15) is 18.4 Å². The second-order valence-corrected chi connectivity index (χ2v) is 3.58. The van der Waals surface area contributed by atoms with Gasteiger partial charge in [-0.1, -0.05) is 30.3 Å². The monoisotopic (exact) mass is 213 g/mol. The lowest BCUT2D eigenvalue weighted by atomic mass is 9.90. The molecule has 0 saturated heterocycles. The molecular formula is C11H16ClNO. The van der Waals surface area contributed by atoms with Crippen molar-refractivity contribution in [2.45, 2.75) is 31.6 Å². The summed E-state index contributed by atoms with van der Waals surface area (Å²) in [5.74, 6) is 0. The van der Waals surface area contributed by atoms with Gasteiger partial charge in [0.25, 0.3) is 0 Å². The molecule has 0 heterocycles. The predicted octanol–water partition coefficient (Wildman–Crippen LogP) is 2.11. The zero-order valence-corrected chi connectivity index (χ0v) is 8.87. The average molecular weight is 214 g/mol. The normalized spacial score (nSPS) is 24.9. The Morgan fingerprint density at radius 1 is 1.21 bits per heavy atom. The standard InChI is InChI=1S/C11H15NO.ClH/c12-10-6-7-11(10)13-8-9-4-2-1-3-5-9;/h1-5,10-11H,6-8,12H2;1H. The van der Waals surface area contributed by atoms with Gasteiger partial charge in [0.2, 0.25) is 0 Å². The van der Waals surface area contributed by atoms with Gasteiger partial charge in [-0.25, -0.2) is 0 Å². The first-order valence-electron chi connectivity index (χ1n) is 4.77. The molecule has 1 aromatic carbocycles. The van der Waals surface area contributed by atoms with Gasteiger partial charge in [0.15, 0.2) is 0 Å². The Bertz CT molecular complexity index is 265. The molecule has 0 aromatic heterocycles. The van der Waals surface area contributed by atoms with Gasteiger partial charge >= 0.3 is 0 Å². The van der Waals surface area contributed by atoms with E-state index in [0.717, 1.165) is 12.8 Å². The number of hydrogen-bond acceptors (Lipinski definition) is 2. The molecule has 78 valence electrons. The Kier molecular flexibility index (Phi) is 4.39. The lowest BCUT2D eigenvalue weighted by molar-refractivity contribution is -0.0245.